The van der Waals surface area contributed by atoms with Gasteiger partial charge in [-0.15, -0.1) is 11.6 Å². The Morgan fingerprint density at radius 1 is 0.895 bits per heavy atom. The lowest BCUT2D eigenvalue weighted by atomic mass is 10.1. The maximum absolute atomic E-state index is 5.85. The van der Waals surface area contributed by atoms with Gasteiger partial charge >= 0.3 is 0 Å². The Morgan fingerprint density at radius 2 is 1.37 bits per heavy atom. The van der Waals surface area contributed by atoms with Gasteiger partial charge in [-0.2, -0.15) is 0 Å². The van der Waals surface area contributed by atoms with Crippen molar-refractivity contribution in [3.05, 3.63) is 29.8 Å². The third-order valence-corrected chi connectivity index (χ3v) is 3.72. The second-order valence-electron chi connectivity index (χ2n) is 6.15. The average molecular weight is 282 g/mol. The summed E-state index contributed by atoms with van der Waals surface area (Å²) in [7, 11) is 0. The summed E-state index contributed by atoms with van der Waals surface area (Å²) in [6.45, 7) is 11.4. The molecule has 0 unspecified atom stereocenters. The van der Waals surface area contributed by atoms with E-state index in [4.69, 9.17) is 11.6 Å². The van der Waals surface area contributed by atoms with Crippen LogP contribution in [0, 0.1) is 11.8 Å². The molecule has 0 saturated carbocycles. The lowest BCUT2D eigenvalue weighted by Gasteiger charge is -2.26. The van der Waals surface area contributed by atoms with Crippen LogP contribution in [0.1, 0.15) is 46.1 Å². The van der Waals surface area contributed by atoms with Crippen molar-refractivity contribution in [2.24, 2.45) is 11.8 Å². The van der Waals surface area contributed by atoms with Crippen LogP contribution < -0.4 is 4.90 Å². The molecule has 1 aromatic rings. The largest absolute Gasteiger partial charge is 0.372 e. The van der Waals surface area contributed by atoms with Gasteiger partial charge in [0, 0.05) is 24.7 Å². The van der Waals surface area contributed by atoms with Crippen LogP contribution in [0.25, 0.3) is 0 Å². The molecule has 1 nitrogen and oxygen atoms in total. The van der Waals surface area contributed by atoms with Gasteiger partial charge in [0.25, 0.3) is 0 Å². The molecule has 1 aromatic carbocycles. The lowest BCUT2D eigenvalue weighted by Crippen LogP contribution is -2.27. The Kier molecular flexibility index (Phi) is 7.30. The SMILES string of the molecule is CC(C)CCN(CCC(C)C)c1ccc(CCl)cc1. The topological polar surface area (TPSA) is 3.24 Å². The zero-order chi connectivity index (χ0) is 14.3. The number of benzene rings is 1. The summed E-state index contributed by atoms with van der Waals surface area (Å²) < 4.78 is 0. The van der Waals surface area contributed by atoms with Crippen LogP contribution in [0.5, 0.6) is 0 Å². The van der Waals surface area contributed by atoms with Crippen molar-refractivity contribution in [1.29, 1.82) is 0 Å². The van der Waals surface area contributed by atoms with Crippen molar-refractivity contribution in [2.45, 2.75) is 46.4 Å². The second-order valence-corrected chi connectivity index (χ2v) is 6.42. The van der Waals surface area contributed by atoms with Gasteiger partial charge in [-0.05, 0) is 42.4 Å². The third-order valence-electron chi connectivity index (χ3n) is 3.41. The molecule has 1 rings (SSSR count). The molecule has 0 spiro atoms. The predicted octanol–water partition coefficient (Wildman–Crippen LogP) is 5.32. The van der Waals surface area contributed by atoms with Crippen molar-refractivity contribution >= 4 is 17.3 Å². The van der Waals surface area contributed by atoms with Crippen LogP contribution in [0.3, 0.4) is 0 Å². The molecule has 19 heavy (non-hydrogen) atoms. The van der Waals surface area contributed by atoms with Crippen molar-refractivity contribution in [3.63, 3.8) is 0 Å². The van der Waals surface area contributed by atoms with E-state index in [2.05, 4.69) is 56.9 Å². The van der Waals surface area contributed by atoms with Gasteiger partial charge < -0.3 is 4.90 Å². The van der Waals surface area contributed by atoms with E-state index in [0.29, 0.717) is 5.88 Å². The van der Waals surface area contributed by atoms with Crippen LogP contribution in [-0.2, 0) is 5.88 Å². The molecule has 0 aliphatic rings. The molecule has 2 heteroatoms. The monoisotopic (exact) mass is 281 g/mol. The van der Waals surface area contributed by atoms with Gasteiger partial charge in [-0.3, -0.25) is 0 Å². The minimum Gasteiger partial charge on any atom is -0.372 e. The van der Waals surface area contributed by atoms with Gasteiger partial charge in [0.1, 0.15) is 0 Å². The predicted molar refractivity (Wildman–Crippen MR) is 87.1 cm³/mol. The second kappa shape index (κ2) is 8.47. The fraction of sp³-hybridized carbons (Fsp3) is 0.647. The van der Waals surface area contributed by atoms with Crippen LogP contribution in [0.2, 0.25) is 0 Å². The number of hydrogen-bond acceptors (Lipinski definition) is 1. The average Bonchev–Trinajstić information content (AvgIpc) is 2.38. The molecule has 0 N–H and O–H groups in total. The Bertz CT molecular complexity index is 331. The molecular formula is C17H28ClN. The van der Waals surface area contributed by atoms with E-state index in [1.165, 1.54) is 24.1 Å². The van der Waals surface area contributed by atoms with Crippen molar-refractivity contribution in [1.82, 2.24) is 0 Å². The van der Waals surface area contributed by atoms with Crippen molar-refractivity contribution in [2.75, 3.05) is 18.0 Å². The van der Waals surface area contributed by atoms with E-state index in [-0.39, 0.29) is 0 Å². The van der Waals surface area contributed by atoms with Crippen LogP contribution in [-0.4, -0.2) is 13.1 Å². The van der Waals surface area contributed by atoms with Gasteiger partial charge in [0.15, 0.2) is 0 Å². The molecule has 0 bridgehead atoms. The van der Waals surface area contributed by atoms with Crippen molar-refractivity contribution in [3.8, 4) is 0 Å². The van der Waals surface area contributed by atoms with E-state index in [0.717, 1.165) is 24.9 Å². The number of rotatable bonds is 8. The summed E-state index contributed by atoms with van der Waals surface area (Å²) >= 11 is 5.85. The van der Waals surface area contributed by atoms with E-state index < -0.39 is 0 Å². The first-order valence-electron chi connectivity index (χ1n) is 7.42. The minimum absolute atomic E-state index is 0.596. The highest BCUT2D eigenvalue weighted by molar-refractivity contribution is 6.17. The first-order valence-corrected chi connectivity index (χ1v) is 7.96. The summed E-state index contributed by atoms with van der Waals surface area (Å²) in [5.41, 5.74) is 2.52. The van der Waals surface area contributed by atoms with Crippen LogP contribution in [0.15, 0.2) is 24.3 Å². The molecule has 0 fully saturated rings. The molecule has 0 heterocycles. The highest BCUT2D eigenvalue weighted by atomic mass is 35.5. The van der Waals surface area contributed by atoms with Crippen LogP contribution >= 0.6 is 11.6 Å². The highest BCUT2D eigenvalue weighted by Gasteiger charge is 2.08. The van der Waals surface area contributed by atoms with E-state index in [1.54, 1.807) is 0 Å². The smallest absolute Gasteiger partial charge is 0.0474 e. The Morgan fingerprint density at radius 3 is 1.74 bits per heavy atom. The summed E-state index contributed by atoms with van der Waals surface area (Å²) in [4.78, 5) is 2.51. The third kappa shape index (κ3) is 6.33. The molecule has 0 atom stereocenters. The highest BCUT2D eigenvalue weighted by Crippen LogP contribution is 2.19. The maximum atomic E-state index is 5.85. The Labute approximate surface area is 124 Å². The quantitative estimate of drug-likeness (QED) is 0.583. The fourth-order valence-electron chi connectivity index (χ4n) is 1.99. The maximum Gasteiger partial charge on any atom is 0.0474 e. The fourth-order valence-corrected chi connectivity index (χ4v) is 2.17. The summed E-state index contributed by atoms with van der Waals surface area (Å²) in [6.07, 6.45) is 2.49. The molecule has 0 saturated heterocycles. The first-order chi connectivity index (χ1) is 9.02. The minimum atomic E-state index is 0.596. The number of nitrogens with zero attached hydrogens (tertiary/aromatic N) is 1. The standard InChI is InChI=1S/C17H28ClN/c1-14(2)9-11-19(12-10-15(3)4)17-7-5-16(13-18)6-8-17/h5-8,14-15H,9-13H2,1-4H3. The Hall–Kier alpha value is -0.690. The zero-order valence-corrected chi connectivity index (χ0v) is 13.6. The van der Waals surface area contributed by atoms with Gasteiger partial charge in [-0.25, -0.2) is 0 Å². The molecule has 108 valence electrons. The van der Waals surface area contributed by atoms with E-state index in [9.17, 15) is 0 Å². The lowest BCUT2D eigenvalue weighted by molar-refractivity contribution is 0.535. The summed E-state index contributed by atoms with van der Waals surface area (Å²) in [6, 6.07) is 8.69. The number of anilines is 1. The summed E-state index contributed by atoms with van der Waals surface area (Å²) in [5.74, 6) is 2.10. The number of alkyl halides is 1. The first kappa shape index (κ1) is 16.4. The molecule has 0 aliphatic carbocycles. The normalized spacial score (nSPS) is 11.3. The van der Waals surface area contributed by atoms with Gasteiger partial charge in [-0.1, -0.05) is 39.8 Å². The number of hydrogen-bond donors (Lipinski definition) is 0. The molecular weight excluding hydrogens is 254 g/mol. The molecule has 0 aromatic heterocycles. The van der Waals surface area contributed by atoms with Gasteiger partial charge in [0.2, 0.25) is 0 Å². The molecule has 0 aliphatic heterocycles. The van der Waals surface area contributed by atoms with Crippen LogP contribution in [0.4, 0.5) is 5.69 Å². The van der Waals surface area contributed by atoms with Gasteiger partial charge in [0.05, 0.1) is 0 Å². The molecule has 0 amide bonds. The summed E-state index contributed by atoms with van der Waals surface area (Å²) in [5, 5.41) is 0. The zero-order valence-electron chi connectivity index (χ0n) is 12.8. The van der Waals surface area contributed by atoms with E-state index in [1.807, 2.05) is 0 Å². The Balaban J connectivity index is 2.69. The number of halogens is 1. The van der Waals surface area contributed by atoms with E-state index >= 15 is 0 Å². The molecule has 0 radical (unpaired) electrons. The van der Waals surface area contributed by atoms with Crippen molar-refractivity contribution < 1.29 is 0 Å².